The van der Waals surface area contributed by atoms with Crippen LogP contribution in [0.4, 0.5) is 9.59 Å². The zero-order chi connectivity index (χ0) is 41.6. The van der Waals surface area contributed by atoms with Gasteiger partial charge in [0.1, 0.15) is 23.7 Å². The van der Waals surface area contributed by atoms with E-state index < -0.39 is 24.3 Å². The van der Waals surface area contributed by atoms with Crippen LogP contribution in [0.15, 0.2) is 122 Å². The predicted octanol–water partition coefficient (Wildman–Crippen LogP) is 7.48. The van der Waals surface area contributed by atoms with Crippen LogP contribution < -0.4 is 10.6 Å². The SMILES string of the molecule is COC(=O)N[C@@H](C(=O)N1CSC[C@H]1c1ncc(-c2ccc(-c3ccc(-c4cnc([C@@H]5CSCN5C(=O)[C@H](NC(=O)OC)c5ccccc5)[nH]4)cc3)cc2)[nH]1)c1ccccc1. The third kappa shape index (κ3) is 8.60. The number of hydrogen-bond donors (Lipinski definition) is 4. The summed E-state index contributed by atoms with van der Waals surface area (Å²) in [4.78, 5) is 71.9. The van der Waals surface area contributed by atoms with Gasteiger partial charge in [0.2, 0.25) is 0 Å². The molecule has 2 fully saturated rings. The van der Waals surface area contributed by atoms with Crippen LogP contribution in [0, 0.1) is 0 Å². The summed E-state index contributed by atoms with van der Waals surface area (Å²) in [5.41, 5.74) is 6.96. The van der Waals surface area contributed by atoms with Crippen LogP contribution in [0.5, 0.6) is 0 Å². The number of carbonyl (C=O) groups is 4. The van der Waals surface area contributed by atoms with Gasteiger partial charge in [-0.3, -0.25) is 9.59 Å². The number of H-pyrrole nitrogens is 2. The molecule has 16 heteroatoms. The molecule has 0 bridgehead atoms. The molecule has 2 aliphatic heterocycles. The molecule has 4 amide bonds. The lowest BCUT2D eigenvalue weighted by molar-refractivity contribution is -0.134. The average molecular weight is 843 g/mol. The number of thioether (sulfide) groups is 2. The second-order valence-electron chi connectivity index (χ2n) is 14.1. The van der Waals surface area contributed by atoms with Gasteiger partial charge in [-0.2, -0.15) is 0 Å². The first-order chi connectivity index (χ1) is 29.3. The Morgan fingerprint density at radius 1 is 0.583 bits per heavy atom. The molecule has 0 aliphatic carbocycles. The minimum absolute atomic E-state index is 0.238. The van der Waals surface area contributed by atoms with E-state index in [2.05, 4.69) is 54.8 Å². The zero-order valence-electron chi connectivity index (χ0n) is 32.7. The first-order valence-corrected chi connectivity index (χ1v) is 21.5. The molecule has 14 nitrogen and oxygen atoms in total. The summed E-state index contributed by atoms with van der Waals surface area (Å²) in [7, 11) is 2.55. The highest BCUT2D eigenvalue weighted by Gasteiger charge is 2.39. The maximum atomic E-state index is 13.9. The Labute approximate surface area is 354 Å². The Kier molecular flexibility index (Phi) is 12.2. The van der Waals surface area contributed by atoms with E-state index in [-0.39, 0.29) is 23.9 Å². The number of methoxy groups -OCH3 is 2. The number of ether oxygens (including phenoxy) is 2. The van der Waals surface area contributed by atoms with Crippen LogP contribution in [0.3, 0.4) is 0 Å². The second-order valence-corrected chi connectivity index (χ2v) is 16.1. The highest BCUT2D eigenvalue weighted by Crippen LogP contribution is 2.37. The number of rotatable bonds is 11. The number of hydrogen-bond acceptors (Lipinski definition) is 10. The van der Waals surface area contributed by atoms with Crippen LogP contribution in [0.1, 0.15) is 46.9 Å². The molecule has 0 radical (unpaired) electrons. The summed E-state index contributed by atoms with van der Waals surface area (Å²) in [6.45, 7) is 0. The maximum Gasteiger partial charge on any atom is 0.407 e. The van der Waals surface area contributed by atoms with Crippen molar-refractivity contribution in [1.82, 2.24) is 40.4 Å². The number of nitrogens with one attached hydrogen (secondary N) is 4. The second kappa shape index (κ2) is 18.2. The van der Waals surface area contributed by atoms with Crippen molar-refractivity contribution in [2.24, 2.45) is 0 Å². The van der Waals surface area contributed by atoms with Crippen molar-refractivity contribution < 1.29 is 28.7 Å². The highest BCUT2D eigenvalue weighted by atomic mass is 32.2. The van der Waals surface area contributed by atoms with Gasteiger partial charge in [0.05, 0.1) is 61.8 Å². The molecule has 8 rings (SSSR count). The molecule has 2 aliphatic rings. The van der Waals surface area contributed by atoms with Gasteiger partial charge in [0.25, 0.3) is 11.8 Å². The van der Waals surface area contributed by atoms with Crippen molar-refractivity contribution in [2.75, 3.05) is 37.5 Å². The molecule has 4 N–H and O–H groups in total. The van der Waals surface area contributed by atoms with Gasteiger partial charge in [-0.25, -0.2) is 19.6 Å². The van der Waals surface area contributed by atoms with E-state index in [0.717, 1.165) is 33.6 Å². The molecule has 60 heavy (non-hydrogen) atoms. The minimum Gasteiger partial charge on any atom is -0.453 e. The van der Waals surface area contributed by atoms with E-state index in [1.807, 2.05) is 84.9 Å². The fraction of sp³-hybridized carbons (Fsp3) is 0.227. The molecule has 0 unspecified atom stereocenters. The minimum atomic E-state index is -0.898. The van der Waals surface area contributed by atoms with Gasteiger partial charge < -0.3 is 39.9 Å². The van der Waals surface area contributed by atoms with Gasteiger partial charge in [-0.05, 0) is 33.4 Å². The van der Waals surface area contributed by atoms with Crippen molar-refractivity contribution in [3.63, 3.8) is 0 Å². The average Bonchev–Trinajstić information content (AvgIpc) is 4.15. The highest BCUT2D eigenvalue weighted by molar-refractivity contribution is 7.99. The summed E-state index contributed by atoms with van der Waals surface area (Å²) in [6.07, 6.45) is 2.20. The largest absolute Gasteiger partial charge is 0.453 e. The monoisotopic (exact) mass is 842 g/mol. The molecule has 306 valence electrons. The number of benzene rings is 4. The van der Waals surface area contributed by atoms with Crippen LogP contribution in [0.25, 0.3) is 33.6 Å². The number of amides is 4. The number of aromatic amines is 2. The molecule has 4 aromatic carbocycles. The van der Waals surface area contributed by atoms with Gasteiger partial charge in [-0.15, -0.1) is 23.5 Å². The van der Waals surface area contributed by atoms with E-state index in [1.165, 1.54) is 14.2 Å². The Hall–Kier alpha value is -6.52. The number of alkyl carbamates (subject to hydrolysis) is 2. The molecule has 2 saturated heterocycles. The van der Waals surface area contributed by atoms with Crippen LogP contribution in [0.2, 0.25) is 0 Å². The van der Waals surface area contributed by atoms with E-state index in [4.69, 9.17) is 9.47 Å². The van der Waals surface area contributed by atoms with E-state index in [1.54, 1.807) is 45.7 Å². The summed E-state index contributed by atoms with van der Waals surface area (Å²) < 4.78 is 9.64. The lowest BCUT2D eigenvalue weighted by atomic mass is 10.0. The molecule has 0 saturated carbocycles. The molecular formula is C44H42N8O6S2. The van der Waals surface area contributed by atoms with Gasteiger partial charge >= 0.3 is 12.2 Å². The summed E-state index contributed by atoms with van der Waals surface area (Å²) >= 11 is 3.26. The summed E-state index contributed by atoms with van der Waals surface area (Å²) in [6, 6.07) is 32.3. The smallest absolute Gasteiger partial charge is 0.407 e. The van der Waals surface area contributed by atoms with E-state index in [9.17, 15) is 19.2 Å². The topological polar surface area (TPSA) is 175 Å². The quantitative estimate of drug-likeness (QED) is 0.102. The normalized spacial score (nSPS) is 17.2. The van der Waals surface area contributed by atoms with Crippen molar-refractivity contribution in [2.45, 2.75) is 24.2 Å². The summed E-state index contributed by atoms with van der Waals surface area (Å²) in [5, 5.41) is 5.40. The third-order valence-corrected chi connectivity index (χ3v) is 12.6. The number of imidazole rings is 2. The number of nitrogens with zero attached hydrogens (tertiary/aromatic N) is 4. The van der Waals surface area contributed by atoms with Gasteiger partial charge in [0.15, 0.2) is 0 Å². The van der Waals surface area contributed by atoms with Crippen molar-refractivity contribution in [1.29, 1.82) is 0 Å². The first kappa shape index (κ1) is 40.3. The Morgan fingerprint density at radius 2 is 0.950 bits per heavy atom. The number of aromatic nitrogens is 4. The molecule has 0 spiro atoms. The van der Waals surface area contributed by atoms with Crippen LogP contribution in [-0.2, 0) is 19.1 Å². The van der Waals surface area contributed by atoms with E-state index in [0.29, 0.717) is 46.0 Å². The summed E-state index contributed by atoms with van der Waals surface area (Å²) in [5.74, 6) is 3.13. The molecule has 2 aromatic heterocycles. The Morgan fingerprint density at radius 3 is 1.32 bits per heavy atom. The lowest BCUT2D eigenvalue weighted by Gasteiger charge is -2.27. The van der Waals surface area contributed by atoms with Gasteiger partial charge in [0, 0.05) is 11.5 Å². The predicted molar refractivity (Wildman–Crippen MR) is 230 cm³/mol. The van der Waals surface area contributed by atoms with E-state index >= 15 is 0 Å². The maximum absolute atomic E-state index is 13.9. The molecule has 4 heterocycles. The molecular weight excluding hydrogens is 801 g/mol. The third-order valence-electron chi connectivity index (χ3n) is 10.5. The Bertz CT molecular complexity index is 2270. The fourth-order valence-corrected chi connectivity index (χ4v) is 9.65. The van der Waals surface area contributed by atoms with Crippen LogP contribution in [-0.4, -0.2) is 91.2 Å². The van der Waals surface area contributed by atoms with Crippen molar-refractivity contribution in [3.05, 3.63) is 144 Å². The zero-order valence-corrected chi connectivity index (χ0v) is 34.4. The lowest BCUT2D eigenvalue weighted by Crippen LogP contribution is -2.43. The molecule has 6 aromatic rings. The fourth-order valence-electron chi connectivity index (χ4n) is 7.31. The standard InChI is InChI=1S/C44H42N8O6S2/c1-57-43(55)49-37(31-9-5-3-6-10-31)41(53)51-25-59-23-35(51)39-45-21-33(47-39)29-17-13-27(14-18-29)28-15-19-30(20-16-28)34-22-46-40(48-34)36-24-60-26-52(36)42(54)38(50-44(56)58-2)32-11-7-4-8-12-32/h3-22,35-38H,23-26H2,1-2H3,(H,45,47)(H,46,48)(H,49,55)(H,50,56)/t35-,36-,37+,38+/m0/s1. The first-order valence-electron chi connectivity index (χ1n) is 19.2. The van der Waals surface area contributed by atoms with Crippen LogP contribution >= 0.6 is 23.5 Å². The number of carbonyl (C=O) groups excluding carboxylic acids is 4. The van der Waals surface area contributed by atoms with Crippen molar-refractivity contribution in [3.8, 4) is 33.6 Å². The Balaban J connectivity index is 0.928. The van der Waals surface area contributed by atoms with Crippen molar-refractivity contribution >= 4 is 47.5 Å². The molecule has 4 atom stereocenters. The van der Waals surface area contributed by atoms with Gasteiger partial charge in [-0.1, -0.05) is 109 Å².